The Bertz CT molecular complexity index is 1510. The molecule has 5 rings (SSSR count). The first-order valence-electron chi connectivity index (χ1n) is 12.7. The minimum Gasteiger partial charge on any atom is -0.455 e. The second kappa shape index (κ2) is 11.7. The van der Waals surface area contributed by atoms with Crippen LogP contribution in [0, 0.1) is 6.92 Å². The maximum absolute atomic E-state index is 13.5. The van der Waals surface area contributed by atoms with Crippen molar-refractivity contribution in [2.45, 2.75) is 44.0 Å². The van der Waals surface area contributed by atoms with E-state index >= 15 is 0 Å². The third-order valence-corrected chi connectivity index (χ3v) is 9.96. The minimum atomic E-state index is -3.73. The molecule has 0 unspecified atom stereocenters. The van der Waals surface area contributed by atoms with Gasteiger partial charge in [-0.15, -0.1) is 0 Å². The highest BCUT2D eigenvalue weighted by Crippen LogP contribution is 2.36. The number of aryl methyl sites for hydroxylation is 1. The van der Waals surface area contributed by atoms with Crippen molar-refractivity contribution in [2.24, 2.45) is 0 Å². The van der Waals surface area contributed by atoms with Crippen LogP contribution in [0.15, 0.2) is 57.9 Å². The number of hydrogen-bond donors (Lipinski definition) is 1. The first-order chi connectivity index (χ1) is 18.6. The molecule has 0 atom stereocenters. The lowest BCUT2D eigenvalue weighted by Crippen LogP contribution is -2.39. The molecule has 0 aromatic heterocycles. The fourth-order valence-electron chi connectivity index (χ4n) is 4.99. The summed E-state index contributed by atoms with van der Waals surface area (Å²) in [6.07, 6.45) is 3.37. The Balaban J connectivity index is 1.46. The first-order valence-corrected chi connectivity index (χ1v) is 15.7. The van der Waals surface area contributed by atoms with Crippen LogP contribution in [-0.4, -0.2) is 43.3 Å². The number of amides is 2. The minimum absolute atomic E-state index is 0.0970. The fourth-order valence-corrected chi connectivity index (χ4v) is 7.85. The first kappa shape index (κ1) is 28.2. The molecule has 2 aliphatic rings. The summed E-state index contributed by atoms with van der Waals surface area (Å²) in [6.45, 7) is 3.93. The highest BCUT2D eigenvalue weighted by Gasteiger charge is 2.28. The van der Waals surface area contributed by atoms with Gasteiger partial charge in [0.15, 0.2) is 5.75 Å². The van der Waals surface area contributed by atoms with Crippen molar-refractivity contribution in [3.05, 3.63) is 79.7 Å². The highest BCUT2D eigenvalue weighted by molar-refractivity contribution is 9.10. The molecule has 11 heteroatoms. The third-order valence-electron chi connectivity index (χ3n) is 6.92. The van der Waals surface area contributed by atoms with Crippen LogP contribution in [0.5, 0.6) is 11.5 Å². The van der Waals surface area contributed by atoms with Gasteiger partial charge in [0.25, 0.3) is 0 Å². The van der Waals surface area contributed by atoms with Gasteiger partial charge in [-0.2, -0.15) is 4.31 Å². The van der Waals surface area contributed by atoms with Gasteiger partial charge in [-0.3, -0.25) is 0 Å². The van der Waals surface area contributed by atoms with Gasteiger partial charge in [-0.05, 0) is 85.3 Å². The molecule has 7 nitrogen and oxygen atoms in total. The average molecular weight is 653 g/mol. The molecule has 206 valence electrons. The normalized spacial score (nSPS) is 16.1. The van der Waals surface area contributed by atoms with Crippen LogP contribution in [-0.2, 0) is 23.0 Å². The molecule has 1 N–H and O–H groups in total. The summed E-state index contributed by atoms with van der Waals surface area (Å²) in [7, 11) is -3.73. The molecule has 0 saturated carbocycles. The van der Waals surface area contributed by atoms with E-state index in [9.17, 15) is 13.2 Å². The zero-order valence-corrected chi connectivity index (χ0v) is 25.3. The monoisotopic (exact) mass is 651 g/mol. The molecule has 0 radical (unpaired) electrons. The van der Waals surface area contributed by atoms with Crippen molar-refractivity contribution in [3.8, 4) is 11.5 Å². The summed E-state index contributed by atoms with van der Waals surface area (Å²) in [6, 6.07) is 13.1. The van der Waals surface area contributed by atoms with Crippen molar-refractivity contribution in [3.63, 3.8) is 0 Å². The van der Waals surface area contributed by atoms with Crippen molar-refractivity contribution >= 4 is 60.9 Å². The Hall–Kier alpha value is -2.30. The van der Waals surface area contributed by atoms with E-state index in [-0.39, 0.29) is 22.4 Å². The van der Waals surface area contributed by atoms with E-state index in [1.165, 1.54) is 22.0 Å². The fraction of sp³-hybridized carbons (Fsp3) is 0.321. The maximum atomic E-state index is 13.5. The maximum Gasteiger partial charge on any atom is 0.322 e. The molecule has 1 fully saturated rings. The second-order valence-corrected chi connectivity index (χ2v) is 13.5. The molecule has 39 heavy (non-hydrogen) atoms. The highest BCUT2D eigenvalue weighted by atomic mass is 79.9. The van der Waals surface area contributed by atoms with E-state index in [0.29, 0.717) is 48.4 Å². The summed E-state index contributed by atoms with van der Waals surface area (Å²) in [5.74, 6) is 0.636. The summed E-state index contributed by atoms with van der Waals surface area (Å²) in [5, 5.41) is 3.69. The van der Waals surface area contributed by atoms with Gasteiger partial charge in [0.05, 0.1) is 10.6 Å². The van der Waals surface area contributed by atoms with Crippen molar-refractivity contribution in [1.82, 2.24) is 9.21 Å². The largest absolute Gasteiger partial charge is 0.455 e. The molecular weight excluding hydrogens is 625 g/mol. The van der Waals surface area contributed by atoms with Gasteiger partial charge in [-0.25, -0.2) is 13.2 Å². The zero-order valence-electron chi connectivity index (χ0n) is 21.3. The van der Waals surface area contributed by atoms with Gasteiger partial charge < -0.3 is 15.0 Å². The van der Waals surface area contributed by atoms with Crippen molar-refractivity contribution in [1.29, 1.82) is 0 Å². The van der Waals surface area contributed by atoms with Gasteiger partial charge in [0, 0.05) is 40.7 Å². The number of sulfonamides is 1. The molecule has 3 aromatic carbocycles. The molecule has 1 saturated heterocycles. The zero-order chi connectivity index (χ0) is 27.7. The quantitative estimate of drug-likeness (QED) is 0.308. The Morgan fingerprint density at radius 3 is 2.41 bits per heavy atom. The van der Waals surface area contributed by atoms with Crippen LogP contribution in [0.2, 0.25) is 10.0 Å². The number of carbonyl (C=O) groups excluding carboxylic acids is 1. The standard InChI is InChI=1S/C28H28BrCl2N3O4S/c1-18-11-19-17-33(10-7-24(19)25(29)12-18)28(35)32-26-16-23(39(36,37)34-8-3-2-4-9-34)5-6-27(26)38-22-14-20(30)13-21(31)15-22/h5-6,11-16H,2-4,7-10,17H2,1H3,(H,32,35). The number of nitrogens with one attached hydrogen (secondary N) is 1. The predicted molar refractivity (Wildman–Crippen MR) is 158 cm³/mol. The lowest BCUT2D eigenvalue weighted by Gasteiger charge is -2.30. The SMILES string of the molecule is Cc1cc(Br)c2c(c1)CN(C(=O)Nc1cc(S(=O)(=O)N3CCCCC3)ccc1Oc1cc(Cl)cc(Cl)c1)CC2. The number of rotatable bonds is 5. The van der Waals surface area contributed by atoms with Gasteiger partial charge >= 0.3 is 6.03 Å². The number of carbonyl (C=O) groups is 1. The number of hydrogen-bond acceptors (Lipinski definition) is 4. The Labute approximate surface area is 247 Å². The Kier molecular flexibility index (Phi) is 8.45. The summed E-state index contributed by atoms with van der Waals surface area (Å²) >= 11 is 15.9. The van der Waals surface area contributed by atoms with E-state index in [4.69, 9.17) is 27.9 Å². The number of halogens is 3. The molecule has 0 aliphatic carbocycles. The molecule has 2 aliphatic heterocycles. The van der Waals surface area contributed by atoms with E-state index in [2.05, 4.69) is 33.4 Å². The van der Waals surface area contributed by atoms with Crippen LogP contribution in [0.1, 0.15) is 36.0 Å². The second-order valence-electron chi connectivity index (χ2n) is 9.82. The average Bonchev–Trinajstić information content (AvgIpc) is 2.89. The van der Waals surface area contributed by atoms with Crippen molar-refractivity contribution in [2.75, 3.05) is 25.0 Å². The number of benzene rings is 3. The molecular formula is C28H28BrCl2N3O4S. The summed E-state index contributed by atoms with van der Waals surface area (Å²) in [4.78, 5) is 15.3. The van der Waals surface area contributed by atoms with Crippen LogP contribution in [0.4, 0.5) is 10.5 Å². The van der Waals surface area contributed by atoms with Crippen LogP contribution in [0.25, 0.3) is 0 Å². The molecule has 2 heterocycles. The van der Waals surface area contributed by atoms with E-state index in [0.717, 1.165) is 34.9 Å². The third kappa shape index (κ3) is 6.38. The van der Waals surface area contributed by atoms with Crippen molar-refractivity contribution < 1.29 is 17.9 Å². The number of anilines is 1. The van der Waals surface area contributed by atoms with Gasteiger partial charge in [0.1, 0.15) is 5.75 Å². The van der Waals surface area contributed by atoms with E-state index < -0.39 is 10.0 Å². The molecule has 2 amide bonds. The van der Waals surface area contributed by atoms with Crippen LogP contribution < -0.4 is 10.1 Å². The summed E-state index contributed by atoms with van der Waals surface area (Å²) < 4.78 is 35.4. The molecule has 0 bridgehead atoms. The summed E-state index contributed by atoms with van der Waals surface area (Å²) in [5.41, 5.74) is 3.62. The number of fused-ring (bicyclic) bond motifs is 1. The lowest BCUT2D eigenvalue weighted by molar-refractivity contribution is 0.206. The topological polar surface area (TPSA) is 79.0 Å². The number of urea groups is 1. The molecule has 0 spiro atoms. The van der Waals surface area contributed by atoms with Gasteiger partial charge in [0.2, 0.25) is 10.0 Å². The van der Waals surface area contributed by atoms with E-state index in [1.807, 2.05) is 6.92 Å². The number of nitrogens with zero attached hydrogens (tertiary/aromatic N) is 2. The number of ether oxygens (including phenoxy) is 1. The Morgan fingerprint density at radius 2 is 1.69 bits per heavy atom. The van der Waals surface area contributed by atoms with Gasteiger partial charge in [-0.1, -0.05) is 51.6 Å². The van der Waals surface area contributed by atoms with Crippen LogP contribution in [0.3, 0.4) is 0 Å². The molecule has 3 aromatic rings. The van der Waals surface area contributed by atoms with Crippen LogP contribution >= 0.6 is 39.1 Å². The smallest absolute Gasteiger partial charge is 0.322 e. The number of piperidine rings is 1. The lowest BCUT2D eigenvalue weighted by atomic mass is 9.98. The predicted octanol–water partition coefficient (Wildman–Crippen LogP) is 7.62. The Morgan fingerprint density at radius 1 is 0.974 bits per heavy atom. The van der Waals surface area contributed by atoms with E-state index in [1.54, 1.807) is 29.2 Å².